The highest BCUT2D eigenvalue weighted by atomic mass is 16.6. The second-order valence-corrected chi connectivity index (χ2v) is 15.3. The highest BCUT2D eigenvalue weighted by Gasteiger charge is 2.19. The van der Waals surface area contributed by atoms with Gasteiger partial charge in [-0.1, -0.05) is 165 Å². The lowest BCUT2D eigenvalue weighted by atomic mass is 10.1. The van der Waals surface area contributed by atoms with Crippen molar-refractivity contribution in [2.75, 3.05) is 13.2 Å². The molecule has 56 heavy (non-hydrogen) atoms. The van der Waals surface area contributed by atoms with Crippen LogP contribution in [0.2, 0.25) is 0 Å². The van der Waals surface area contributed by atoms with Crippen LogP contribution in [0, 0.1) is 0 Å². The molecular formula is C50H86O6. The molecule has 0 aromatic heterocycles. The third kappa shape index (κ3) is 42.3. The van der Waals surface area contributed by atoms with E-state index in [1.54, 1.807) is 0 Å². The van der Waals surface area contributed by atoms with Gasteiger partial charge in [0.15, 0.2) is 6.10 Å². The number of hydrogen-bond acceptors (Lipinski definition) is 6. The van der Waals surface area contributed by atoms with Crippen LogP contribution in [0.4, 0.5) is 0 Å². The summed E-state index contributed by atoms with van der Waals surface area (Å²) >= 11 is 0. The normalized spacial score (nSPS) is 12.6. The Hall–Kier alpha value is -2.89. The summed E-state index contributed by atoms with van der Waals surface area (Å²) in [6, 6.07) is 0. The third-order valence-electron chi connectivity index (χ3n) is 9.73. The lowest BCUT2D eigenvalue weighted by Gasteiger charge is -2.18. The molecule has 0 aromatic carbocycles. The van der Waals surface area contributed by atoms with Crippen LogP contribution in [0.5, 0.6) is 0 Å². The van der Waals surface area contributed by atoms with E-state index >= 15 is 0 Å². The van der Waals surface area contributed by atoms with Gasteiger partial charge in [0.2, 0.25) is 0 Å². The molecule has 1 unspecified atom stereocenters. The summed E-state index contributed by atoms with van der Waals surface area (Å²) in [5.41, 5.74) is 0. The number of ether oxygens (including phenoxy) is 3. The maximum atomic E-state index is 12.7. The van der Waals surface area contributed by atoms with Gasteiger partial charge in [-0.3, -0.25) is 14.4 Å². The molecule has 0 N–H and O–H groups in total. The van der Waals surface area contributed by atoms with E-state index < -0.39 is 6.10 Å². The average molecular weight is 783 g/mol. The Bertz CT molecular complexity index is 1040. The van der Waals surface area contributed by atoms with Gasteiger partial charge < -0.3 is 14.2 Å². The fraction of sp³-hybridized carbons (Fsp3) is 0.740. The fourth-order valence-corrected chi connectivity index (χ4v) is 6.19. The van der Waals surface area contributed by atoms with Crippen LogP contribution < -0.4 is 0 Å². The van der Waals surface area contributed by atoms with Gasteiger partial charge in [0.05, 0.1) is 0 Å². The van der Waals surface area contributed by atoms with Gasteiger partial charge >= 0.3 is 17.9 Å². The Balaban J connectivity index is 4.43. The van der Waals surface area contributed by atoms with E-state index in [2.05, 4.69) is 81.5 Å². The fourth-order valence-electron chi connectivity index (χ4n) is 6.19. The highest BCUT2D eigenvalue weighted by molar-refractivity contribution is 5.71. The van der Waals surface area contributed by atoms with E-state index in [0.717, 1.165) is 77.0 Å². The van der Waals surface area contributed by atoms with E-state index in [1.807, 2.05) is 0 Å². The summed E-state index contributed by atoms with van der Waals surface area (Å²) < 4.78 is 16.7. The topological polar surface area (TPSA) is 78.9 Å². The van der Waals surface area contributed by atoms with Gasteiger partial charge in [-0.05, 0) is 96.3 Å². The zero-order valence-electron chi connectivity index (χ0n) is 36.6. The van der Waals surface area contributed by atoms with E-state index in [-0.39, 0.29) is 37.5 Å². The zero-order chi connectivity index (χ0) is 40.8. The predicted molar refractivity (Wildman–Crippen MR) is 238 cm³/mol. The van der Waals surface area contributed by atoms with Crippen LogP contribution in [-0.4, -0.2) is 37.2 Å². The maximum Gasteiger partial charge on any atom is 0.306 e. The van der Waals surface area contributed by atoms with Crippen molar-refractivity contribution >= 4 is 17.9 Å². The molecule has 322 valence electrons. The molecule has 6 heteroatoms. The van der Waals surface area contributed by atoms with Crippen molar-refractivity contribution in [3.05, 3.63) is 60.8 Å². The molecule has 0 bridgehead atoms. The third-order valence-corrected chi connectivity index (χ3v) is 9.73. The van der Waals surface area contributed by atoms with Crippen molar-refractivity contribution in [2.24, 2.45) is 0 Å². The largest absolute Gasteiger partial charge is 0.462 e. The van der Waals surface area contributed by atoms with Crippen molar-refractivity contribution in [3.63, 3.8) is 0 Å². The second-order valence-electron chi connectivity index (χ2n) is 15.3. The number of hydrogen-bond donors (Lipinski definition) is 0. The maximum absolute atomic E-state index is 12.7. The first-order valence-electron chi connectivity index (χ1n) is 23.3. The Labute approximate surface area is 345 Å². The van der Waals surface area contributed by atoms with Gasteiger partial charge in [-0.25, -0.2) is 0 Å². The van der Waals surface area contributed by atoms with Gasteiger partial charge in [0.1, 0.15) is 13.2 Å². The van der Waals surface area contributed by atoms with Crippen molar-refractivity contribution in [3.8, 4) is 0 Å². The summed E-state index contributed by atoms with van der Waals surface area (Å²) in [5.74, 6) is -0.952. The Morgan fingerprint density at radius 2 is 0.714 bits per heavy atom. The van der Waals surface area contributed by atoms with E-state index in [4.69, 9.17) is 14.2 Å². The zero-order valence-corrected chi connectivity index (χ0v) is 36.6. The van der Waals surface area contributed by atoms with Gasteiger partial charge in [0.25, 0.3) is 0 Å². The van der Waals surface area contributed by atoms with E-state index in [1.165, 1.54) is 96.3 Å². The van der Waals surface area contributed by atoms with Crippen molar-refractivity contribution in [1.29, 1.82) is 0 Å². The molecule has 0 spiro atoms. The minimum absolute atomic E-state index is 0.0948. The highest BCUT2D eigenvalue weighted by Crippen LogP contribution is 2.13. The summed E-state index contributed by atoms with van der Waals surface area (Å²) in [4.78, 5) is 37.7. The first-order chi connectivity index (χ1) is 27.5. The van der Waals surface area contributed by atoms with Gasteiger partial charge in [-0.15, -0.1) is 0 Å². The molecule has 0 aliphatic carbocycles. The molecule has 0 aliphatic heterocycles. The number of carbonyl (C=O) groups excluding carboxylic acids is 3. The molecule has 0 radical (unpaired) electrons. The van der Waals surface area contributed by atoms with Crippen LogP contribution in [0.1, 0.15) is 220 Å². The standard InChI is InChI=1S/C50H86O6/c1-4-7-10-13-16-19-22-24-25-26-29-31-34-37-40-43-49(52)55-46-47(45-54-48(51)42-39-36-33-30-27-21-18-15-12-9-6-3)56-50(53)44-41-38-35-32-28-23-20-17-14-11-8-5-2/h8,11,15,17-20,22,28,32,47H,4-7,9-10,12-14,16,21,23-27,29-31,33-46H2,1-3H3/b11-8-,18-15-,20-17-,22-19-,32-28-. The monoisotopic (exact) mass is 783 g/mol. The van der Waals surface area contributed by atoms with Crippen LogP contribution in [0.15, 0.2) is 60.8 Å². The van der Waals surface area contributed by atoms with Crippen LogP contribution >= 0.6 is 0 Å². The van der Waals surface area contributed by atoms with Crippen LogP contribution in [0.25, 0.3) is 0 Å². The molecule has 0 aromatic rings. The van der Waals surface area contributed by atoms with Gasteiger partial charge in [-0.2, -0.15) is 0 Å². The molecule has 6 nitrogen and oxygen atoms in total. The predicted octanol–water partition coefficient (Wildman–Crippen LogP) is 14.9. The van der Waals surface area contributed by atoms with Crippen molar-refractivity contribution < 1.29 is 28.6 Å². The van der Waals surface area contributed by atoms with E-state index in [9.17, 15) is 14.4 Å². The molecular weight excluding hydrogens is 697 g/mol. The smallest absolute Gasteiger partial charge is 0.306 e. The minimum Gasteiger partial charge on any atom is -0.462 e. The number of unbranched alkanes of at least 4 members (excludes halogenated alkanes) is 20. The Morgan fingerprint density at radius 1 is 0.375 bits per heavy atom. The molecule has 0 amide bonds. The number of esters is 3. The number of rotatable bonds is 41. The van der Waals surface area contributed by atoms with Crippen molar-refractivity contribution in [1.82, 2.24) is 0 Å². The van der Waals surface area contributed by atoms with Crippen LogP contribution in [0.3, 0.4) is 0 Å². The quantitative estimate of drug-likeness (QED) is 0.0266. The average Bonchev–Trinajstić information content (AvgIpc) is 3.19. The van der Waals surface area contributed by atoms with Crippen LogP contribution in [-0.2, 0) is 28.6 Å². The molecule has 0 saturated heterocycles. The summed E-state index contributed by atoms with van der Waals surface area (Å²) in [6.45, 7) is 6.41. The lowest BCUT2D eigenvalue weighted by Crippen LogP contribution is -2.30. The number of allylic oxidation sites excluding steroid dienone is 10. The first-order valence-corrected chi connectivity index (χ1v) is 23.3. The Kier molecular flexibility index (Phi) is 42.5. The first kappa shape index (κ1) is 53.1. The lowest BCUT2D eigenvalue weighted by molar-refractivity contribution is -0.167. The number of carbonyl (C=O) groups is 3. The minimum atomic E-state index is -0.796. The molecule has 0 heterocycles. The molecule has 0 saturated carbocycles. The summed E-state index contributed by atoms with van der Waals surface area (Å²) in [7, 11) is 0. The van der Waals surface area contributed by atoms with E-state index in [0.29, 0.717) is 19.3 Å². The molecule has 1 atom stereocenters. The van der Waals surface area contributed by atoms with Crippen molar-refractivity contribution in [2.45, 2.75) is 226 Å². The molecule has 0 rings (SSSR count). The summed E-state index contributed by atoms with van der Waals surface area (Å²) in [5, 5.41) is 0. The Morgan fingerprint density at radius 3 is 1.20 bits per heavy atom. The second kappa shape index (κ2) is 44.8. The van der Waals surface area contributed by atoms with Gasteiger partial charge in [0, 0.05) is 19.3 Å². The molecule has 0 fully saturated rings. The SMILES string of the molecule is CC/C=C\C/C=C\C/C=C\CCCCC(=O)OC(COC(=O)CCCCCCC/C=C\CCCC)COC(=O)CCCCCCCCC/C=C\CCCCCC. The summed E-state index contributed by atoms with van der Waals surface area (Å²) in [6.07, 6.45) is 53.5. The molecule has 0 aliphatic rings.